The second-order valence-electron chi connectivity index (χ2n) is 4.54. The Bertz CT molecular complexity index is 540. The quantitative estimate of drug-likeness (QED) is 0.706. The van der Waals surface area contributed by atoms with Crippen LogP contribution in [0.25, 0.3) is 0 Å². The zero-order valence-electron chi connectivity index (χ0n) is 10.9. The summed E-state index contributed by atoms with van der Waals surface area (Å²) in [6, 6.07) is 13.9. The van der Waals surface area contributed by atoms with Crippen molar-refractivity contribution < 1.29 is 10.1 Å². The summed E-state index contributed by atoms with van der Waals surface area (Å²) in [6.45, 7) is 2.71. The fraction of sp³-hybridized carbons (Fsp3) is 0.200. The lowest BCUT2D eigenvalue weighted by atomic mass is 9.84. The molecule has 3 N–H and O–H groups in total. The summed E-state index contributed by atoms with van der Waals surface area (Å²) in [5.74, 6) is 0. The van der Waals surface area contributed by atoms with Crippen LogP contribution in [0.2, 0.25) is 0 Å². The second kappa shape index (κ2) is 6.41. The average Bonchev–Trinajstić information content (AvgIpc) is 2.46. The summed E-state index contributed by atoms with van der Waals surface area (Å²) in [4.78, 5) is 0. The van der Waals surface area contributed by atoms with Gasteiger partial charge in [-0.05, 0) is 35.6 Å². The summed E-state index contributed by atoms with van der Waals surface area (Å²) in [5.41, 5.74) is 4.71. The maximum atomic E-state index is 9.13. The Morgan fingerprint density at radius 3 is 2.47 bits per heavy atom. The number of aryl methyl sites for hydroxylation is 1. The van der Waals surface area contributed by atoms with E-state index < -0.39 is 0 Å². The zero-order chi connectivity index (χ0) is 13.7. The van der Waals surface area contributed by atoms with Gasteiger partial charge in [-0.2, -0.15) is 0 Å². The first-order valence-corrected chi connectivity index (χ1v) is 6.23. The normalized spacial score (nSPS) is 10.3. The first kappa shape index (κ1) is 13.7. The third kappa shape index (κ3) is 3.59. The van der Waals surface area contributed by atoms with Gasteiger partial charge in [0.15, 0.2) is 0 Å². The third-order valence-electron chi connectivity index (χ3n) is 3.07. The molecule has 0 aromatic heterocycles. The standard InChI is InChI=1S/C15H17BNO2/c1-11-2-4-12(5-3-11)9-17-14-7-6-13(10-18)15(8-14)16-19/h2-8,17-19H,9-10H2,1H3. The van der Waals surface area contributed by atoms with Crippen molar-refractivity contribution >= 4 is 18.6 Å². The van der Waals surface area contributed by atoms with Crippen LogP contribution in [-0.4, -0.2) is 17.6 Å². The zero-order valence-corrected chi connectivity index (χ0v) is 10.9. The number of benzene rings is 2. The van der Waals surface area contributed by atoms with E-state index >= 15 is 0 Å². The van der Waals surface area contributed by atoms with E-state index in [2.05, 4.69) is 36.5 Å². The van der Waals surface area contributed by atoms with Crippen molar-refractivity contribution in [1.82, 2.24) is 0 Å². The van der Waals surface area contributed by atoms with Gasteiger partial charge in [0.2, 0.25) is 0 Å². The summed E-state index contributed by atoms with van der Waals surface area (Å²) in [5, 5.41) is 21.5. The number of nitrogens with one attached hydrogen (secondary N) is 1. The monoisotopic (exact) mass is 254 g/mol. The predicted molar refractivity (Wildman–Crippen MR) is 78.5 cm³/mol. The van der Waals surface area contributed by atoms with Crippen molar-refractivity contribution in [3.05, 3.63) is 59.2 Å². The fourth-order valence-electron chi connectivity index (χ4n) is 1.88. The lowest BCUT2D eigenvalue weighted by molar-refractivity contribution is 0.282. The molecule has 2 aromatic rings. The summed E-state index contributed by atoms with van der Waals surface area (Å²) >= 11 is 0. The van der Waals surface area contributed by atoms with Gasteiger partial charge in [-0.25, -0.2) is 0 Å². The maximum Gasteiger partial charge on any atom is 0.327 e. The van der Waals surface area contributed by atoms with E-state index in [0.29, 0.717) is 11.0 Å². The van der Waals surface area contributed by atoms with Crippen molar-refractivity contribution in [2.24, 2.45) is 0 Å². The van der Waals surface area contributed by atoms with Crippen molar-refractivity contribution in [3.8, 4) is 0 Å². The highest BCUT2D eigenvalue weighted by Crippen LogP contribution is 2.10. The van der Waals surface area contributed by atoms with E-state index in [1.54, 1.807) is 6.07 Å². The van der Waals surface area contributed by atoms with Crippen LogP contribution in [-0.2, 0) is 13.2 Å². The van der Waals surface area contributed by atoms with Gasteiger partial charge in [0.05, 0.1) is 6.61 Å². The molecule has 2 rings (SSSR count). The lowest BCUT2D eigenvalue weighted by Crippen LogP contribution is -2.19. The minimum absolute atomic E-state index is 0.0787. The number of rotatable bonds is 5. The summed E-state index contributed by atoms with van der Waals surface area (Å²) in [6.07, 6.45) is 0. The van der Waals surface area contributed by atoms with E-state index in [9.17, 15) is 0 Å². The fourth-order valence-corrected chi connectivity index (χ4v) is 1.88. The molecule has 0 spiro atoms. The lowest BCUT2D eigenvalue weighted by Gasteiger charge is -2.10. The molecule has 1 radical (unpaired) electrons. The van der Waals surface area contributed by atoms with Crippen molar-refractivity contribution in [1.29, 1.82) is 0 Å². The number of aliphatic hydroxyl groups excluding tert-OH is 1. The second-order valence-corrected chi connectivity index (χ2v) is 4.54. The van der Waals surface area contributed by atoms with E-state index in [4.69, 9.17) is 10.1 Å². The first-order chi connectivity index (χ1) is 9.22. The van der Waals surface area contributed by atoms with E-state index in [1.165, 1.54) is 11.1 Å². The molecule has 97 valence electrons. The Morgan fingerprint density at radius 1 is 1.11 bits per heavy atom. The first-order valence-electron chi connectivity index (χ1n) is 6.23. The van der Waals surface area contributed by atoms with Gasteiger partial charge in [0.25, 0.3) is 0 Å². The van der Waals surface area contributed by atoms with Gasteiger partial charge < -0.3 is 15.4 Å². The number of aliphatic hydroxyl groups is 1. The van der Waals surface area contributed by atoms with Crippen LogP contribution < -0.4 is 10.8 Å². The molecule has 0 unspecified atom stereocenters. The van der Waals surface area contributed by atoms with Crippen LogP contribution in [0.15, 0.2) is 42.5 Å². The van der Waals surface area contributed by atoms with Gasteiger partial charge in [-0.1, -0.05) is 35.9 Å². The van der Waals surface area contributed by atoms with Gasteiger partial charge in [-0.3, -0.25) is 0 Å². The van der Waals surface area contributed by atoms with Gasteiger partial charge >= 0.3 is 7.48 Å². The molecule has 0 amide bonds. The molecule has 3 nitrogen and oxygen atoms in total. The SMILES string of the molecule is Cc1ccc(CNc2ccc(CO)c([B]O)c2)cc1. The average molecular weight is 254 g/mol. The van der Waals surface area contributed by atoms with Crippen LogP contribution in [0.4, 0.5) is 5.69 Å². The number of hydrogen-bond donors (Lipinski definition) is 3. The Morgan fingerprint density at radius 2 is 1.84 bits per heavy atom. The van der Waals surface area contributed by atoms with Crippen molar-refractivity contribution in [2.45, 2.75) is 20.1 Å². The summed E-state index contributed by atoms with van der Waals surface area (Å²) in [7, 11) is 1.02. The van der Waals surface area contributed by atoms with Gasteiger partial charge in [0.1, 0.15) is 0 Å². The molecule has 0 fully saturated rings. The molecule has 0 saturated carbocycles. The Hall–Kier alpha value is -1.78. The molecule has 0 atom stereocenters. The topological polar surface area (TPSA) is 52.5 Å². The highest BCUT2D eigenvalue weighted by atomic mass is 16.3. The highest BCUT2D eigenvalue weighted by molar-refractivity contribution is 6.46. The molecule has 0 aliphatic heterocycles. The molecule has 0 bridgehead atoms. The largest absolute Gasteiger partial charge is 0.450 e. The Labute approximate surface area is 114 Å². The van der Waals surface area contributed by atoms with Crippen LogP contribution in [0.3, 0.4) is 0 Å². The van der Waals surface area contributed by atoms with Crippen LogP contribution >= 0.6 is 0 Å². The minimum Gasteiger partial charge on any atom is -0.450 e. The van der Waals surface area contributed by atoms with Crippen LogP contribution in [0.5, 0.6) is 0 Å². The predicted octanol–water partition coefficient (Wildman–Crippen LogP) is 1.34. The molecule has 0 aliphatic rings. The molecule has 0 aliphatic carbocycles. The summed E-state index contributed by atoms with van der Waals surface area (Å²) < 4.78 is 0. The van der Waals surface area contributed by atoms with Crippen LogP contribution in [0.1, 0.15) is 16.7 Å². The maximum absolute atomic E-state index is 9.13. The number of anilines is 1. The van der Waals surface area contributed by atoms with Crippen molar-refractivity contribution in [3.63, 3.8) is 0 Å². The highest BCUT2D eigenvalue weighted by Gasteiger charge is 2.03. The minimum atomic E-state index is -0.0787. The molecular formula is C15H17BNO2. The molecule has 0 saturated heterocycles. The van der Waals surface area contributed by atoms with Gasteiger partial charge in [-0.15, -0.1) is 0 Å². The molecule has 19 heavy (non-hydrogen) atoms. The third-order valence-corrected chi connectivity index (χ3v) is 3.07. The Kier molecular flexibility index (Phi) is 4.60. The molecule has 4 heteroatoms. The molecule has 0 heterocycles. The smallest absolute Gasteiger partial charge is 0.327 e. The molecule has 2 aromatic carbocycles. The van der Waals surface area contributed by atoms with Gasteiger partial charge in [0, 0.05) is 12.2 Å². The van der Waals surface area contributed by atoms with Crippen LogP contribution in [0, 0.1) is 6.92 Å². The van der Waals surface area contributed by atoms with E-state index in [-0.39, 0.29) is 6.61 Å². The molecular weight excluding hydrogens is 237 g/mol. The number of hydrogen-bond acceptors (Lipinski definition) is 3. The Balaban J connectivity index is 2.05. The van der Waals surface area contributed by atoms with Crippen molar-refractivity contribution in [2.75, 3.05) is 5.32 Å². The van der Waals surface area contributed by atoms with E-state index in [1.807, 2.05) is 12.1 Å². The van der Waals surface area contributed by atoms with E-state index in [0.717, 1.165) is 19.7 Å².